The number of ether oxygens (including phenoxy) is 2. The Kier molecular flexibility index (Phi) is 3.26. The average molecular weight is 312 g/mol. The molecule has 0 atom stereocenters. The third kappa shape index (κ3) is 2.19. The SMILES string of the molecule is Cc1nc(N)c(C#N)c(-c2cc3c(cc2[N+](=O)[O-])OCO3)c1C. The minimum absolute atomic E-state index is 0.00244. The maximum atomic E-state index is 11.5. The molecule has 3 rings (SSSR count). The lowest BCUT2D eigenvalue weighted by Gasteiger charge is -2.13. The third-order valence-electron chi connectivity index (χ3n) is 3.78. The van der Waals surface area contributed by atoms with Crippen molar-refractivity contribution >= 4 is 11.5 Å². The van der Waals surface area contributed by atoms with E-state index in [0.717, 1.165) is 0 Å². The Hall–Kier alpha value is -3.34. The third-order valence-corrected chi connectivity index (χ3v) is 3.78. The summed E-state index contributed by atoms with van der Waals surface area (Å²) in [7, 11) is 0. The number of nitro groups is 1. The number of benzene rings is 1. The molecule has 2 N–H and O–H groups in total. The van der Waals surface area contributed by atoms with Crippen molar-refractivity contribution in [3.63, 3.8) is 0 Å². The standard InChI is InChI=1S/C15H12N4O4/c1-7-8(2)18-15(17)10(5-16)14(7)9-3-12-13(23-6-22-12)4-11(9)19(20)21/h3-4H,6H2,1-2H3,(H2,17,18). The number of nitro benzene ring substituents is 1. The molecule has 0 aliphatic carbocycles. The zero-order valence-corrected chi connectivity index (χ0v) is 12.4. The van der Waals surface area contributed by atoms with Gasteiger partial charge in [0.2, 0.25) is 6.79 Å². The molecule has 0 bridgehead atoms. The normalized spacial score (nSPS) is 12.0. The highest BCUT2D eigenvalue weighted by atomic mass is 16.7. The fourth-order valence-electron chi connectivity index (χ4n) is 2.55. The number of pyridine rings is 1. The number of fused-ring (bicyclic) bond motifs is 1. The number of aromatic nitrogens is 1. The van der Waals surface area contributed by atoms with Crippen molar-refractivity contribution in [3.8, 4) is 28.7 Å². The van der Waals surface area contributed by atoms with Crippen LogP contribution < -0.4 is 15.2 Å². The zero-order chi connectivity index (χ0) is 16.7. The number of nitrogens with two attached hydrogens (primary N) is 1. The van der Waals surface area contributed by atoms with Crippen molar-refractivity contribution < 1.29 is 14.4 Å². The van der Waals surface area contributed by atoms with Gasteiger partial charge in [0.15, 0.2) is 11.5 Å². The molecule has 1 aromatic heterocycles. The van der Waals surface area contributed by atoms with Gasteiger partial charge in [-0.2, -0.15) is 5.26 Å². The van der Waals surface area contributed by atoms with Crippen LogP contribution in [-0.4, -0.2) is 16.7 Å². The molecule has 0 radical (unpaired) electrons. The average Bonchev–Trinajstić information content (AvgIpc) is 2.96. The molecule has 2 aromatic rings. The Morgan fingerprint density at radius 3 is 2.61 bits per heavy atom. The molecule has 116 valence electrons. The topological polar surface area (TPSA) is 124 Å². The quantitative estimate of drug-likeness (QED) is 0.667. The minimum Gasteiger partial charge on any atom is -0.454 e. The number of nitrogen functional groups attached to an aromatic ring is 1. The Morgan fingerprint density at radius 2 is 2.00 bits per heavy atom. The fourth-order valence-corrected chi connectivity index (χ4v) is 2.55. The smallest absolute Gasteiger partial charge is 0.281 e. The maximum absolute atomic E-state index is 11.5. The van der Waals surface area contributed by atoms with Crippen LogP contribution in [0, 0.1) is 35.3 Å². The molecule has 8 heteroatoms. The maximum Gasteiger partial charge on any atom is 0.281 e. The number of anilines is 1. The van der Waals surface area contributed by atoms with Crippen molar-refractivity contribution in [2.75, 3.05) is 12.5 Å². The Bertz CT molecular complexity index is 886. The van der Waals surface area contributed by atoms with Crippen LogP contribution in [0.15, 0.2) is 12.1 Å². The van der Waals surface area contributed by atoms with Gasteiger partial charge in [-0.05, 0) is 25.5 Å². The molecule has 1 aliphatic rings. The molecule has 8 nitrogen and oxygen atoms in total. The van der Waals surface area contributed by atoms with Crippen molar-refractivity contribution in [2.24, 2.45) is 0 Å². The second-order valence-corrected chi connectivity index (χ2v) is 5.05. The predicted molar refractivity (Wildman–Crippen MR) is 81.1 cm³/mol. The van der Waals surface area contributed by atoms with E-state index >= 15 is 0 Å². The molecular formula is C15H12N4O4. The molecule has 0 saturated carbocycles. The van der Waals surface area contributed by atoms with Crippen LogP contribution in [0.25, 0.3) is 11.1 Å². The van der Waals surface area contributed by atoms with E-state index in [4.69, 9.17) is 15.2 Å². The summed E-state index contributed by atoms with van der Waals surface area (Å²) < 4.78 is 10.5. The highest BCUT2D eigenvalue weighted by Gasteiger charge is 2.28. The van der Waals surface area contributed by atoms with Crippen molar-refractivity contribution in [1.82, 2.24) is 4.98 Å². The fraction of sp³-hybridized carbons (Fsp3) is 0.200. The lowest BCUT2D eigenvalue weighted by atomic mass is 9.93. The van der Waals surface area contributed by atoms with Gasteiger partial charge in [-0.3, -0.25) is 10.1 Å². The Balaban J connectivity index is 2.40. The summed E-state index contributed by atoms with van der Waals surface area (Å²) in [5, 5.41) is 20.9. The molecule has 0 saturated heterocycles. The number of rotatable bonds is 2. The van der Waals surface area contributed by atoms with Gasteiger partial charge >= 0.3 is 0 Å². The molecule has 1 aromatic carbocycles. The van der Waals surface area contributed by atoms with Gasteiger partial charge in [0.05, 0.1) is 16.6 Å². The summed E-state index contributed by atoms with van der Waals surface area (Å²) in [6, 6.07) is 4.78. The van der Waals surface area contributed by atoms with E-state index in [0.29, 0.717) is 28.3 Å². The van der Waals surface area contributed by atoms with Gasteiger partial charge in [0.1, 0.15) is 17.5 Å². The van der Waals surface area contributed by atoms with Gasteiger partial charge < -0.3 is 15.2 Å². The molecule has 2 heterocycles. The molecule has 0 spiro atoms. The van der Waals surface area contributed by atoms with Gasteiger partial charge in [-0.1, -0.05) is 0 Å². The molecule has 0 amide bonds. The lowest BCUT2D eigenvalue weighted by molar-refractivity contribution is -0.384. The molecule has 0 fully saturated rings. The molecular weight excluding hydrogens is 300 g/mol. The van der Waals surface area contributed by atoms with Gasteiger partial charge in [0, 0.05) is 11.3 Å². The van der Waals surface area contributed by atoms with Crippen LogP contribution >= 0.6 is 0 Å². The molecule has 0 unspecified atom stereocenters. The summed E-state index contributed by atoms with van der Waals surface area (Å²) in [5.74, 6) is 0.731. The van der Waals surface area contributed by atoms with E-state index in [2.05, 4.69) is 4.98 Å². The minimum atomic E-state index is -0.524. The molecule has 1 aliphatic heterocycles. The first-order valence-corrected chi connectivity index (χ1v) is 6.69. The van der Waals surface area contributed by atoms with E-state index in [1.165, 1.54) is 12.1 Å². The number of hydrogen-bond donors (Lipinski definition) is 1. The van der Waals surface area contributed by atoms with Crippen molar-refractivity contribution in [1.29, 1.82) is 5.26 Å². The van der Waals surface area contributed by atoms with E-state index in [9.17, 15) is 15.4 Å². The number of hydrogen-bond acceptors (Lipinski definition) is 7. The van der Waals surface area contributed by atoms with E-state index in [1.54, 1.807) is 13.8 Å². The Morgan fingerprint density at radius 1 is 1.35 bits per heavy atom. The predicted octanol–water partition coefficient (Wildman–Crippen LogP) is 2.46. The monoisotopic (exact) mass is 312 g/mol. The van der Waals surface area contributed by atoms with Crippen molar-refractivity contribution in [2.45, 2.75) is 13.8 Å². The second-order valence-electron chi connectivity index (χ2n) is 5.05. The largest absolute Gasteiger partial charge is 0.454 e. The second kappa shape index (κ2) is 5.14. The van der Waals surface area contributed by atoms with Gasteiger partial charge in [0.25, 0.3) is 5.69 Å². The molecule has 23 heavy (non-hydrogen) atoms. The van der Waals surface area contributed by atoms with Gasteiger partial charge in [-0.15, -0.1) is 0 Å². The number of nitrogens with zero attached hydrogens (tertiary/aromatic N) is 3. The van der Waals surface area contributed by atoms with Crippen molar-refractivity contribution in [3.05, 3.63) is 39.1 Å². The van der Waals surface area contributed by atoms with E-state index < -0.39 is 4.92 Å². The first-order chi connectivity index (χ1) is 10.9. The van der Waals surface area contributed by atoms with Crippen LogP contribution in [0.3, 0.4) is 0 Å². The van der Waals surface area contributed by atoms with Gasteiger partial charge in [-0.25, -0.2) is 4.98 Å². The first kappa shape index (κ1) is 14.6. The summed E-state index contributed by atoms with van der Waals surface area (Å²) >= 11 is 0. The van der Waals surface area contributed by atoms with E-state index in [-0.39, 0.29) is 29.4 Å². The lowest BCUT2D eigenvalue weighted by Crippen LogP contribution is -2.04. The van der Waals surface area contributed by atoms with Crippen LogP contribution in [-0.2, 0) is 0 Å². The summed E-state index contributed by atoms with van der Waals surface area (Å²) in [6.07, 6.45) is 0. The zero-order valence-electron chi connectivity index (χ0n) is 12.4. The summed E-state index contributed by atoms with van der Waals surface area (Å²) in [5.41, 5.74) is 7.64. The Labute approximate surface area is 131 Å². The summed E-state index contributed by atoms with van der Waals surface area (Å²) in [6.45, 7) is 3.47. The van der Waals surface area contributed by atoms with Crippen LogP contribution in [0.2, 0.25) is 0 Å². The van der Waals surface area contributed by atoms with Crippen LogP contribution in [0.4, 0.5) is 11.5 Å². The number of aryl methyl sites for hydroxylation is 1. The summed E-state index contributed by atoms with van der Waals surface area (Å²) in [4.78, 5) is 15.0. The van der Waals surface area contributed by atoms with Crippen LogP contribution in [0.5, 0.6) is 11.5 Å². The first-order valence-electron chi connectivity index (χ1n) is 6.69. The highest BCUT2D eigenvalue weighted by molar-refractivity contribution is 5.86. The van der Waals surface area contributed by atoms with Crippen LogP contribution in [0.1, 0.15) is 16.8 Å². The highest BCUT2D eigenvalue weighted by Crippen LogP contribution is 2.44. The number of nitriles is 1. The van der Waals surface area contributed by atoms with E-state index in [1.807, 2.05) is 6.07 Å².